The van der Waals surface area contributed by atoms with Gasteiger partial charge in [-0.2, -0.15) is 0 Å². The number of carbonyl (C=O) groups excluding carboxylic acids is 2. The van der Waals surface area contributed by atoms with Crippen molar-refractivity contribution < 1.29 is 19.5 Å². The third-order valence-electron chi connectivity index (χ3n) is 5.52. The second-order valence-corrected chi connectivity index (χ2v) is 8.79. The zero-order valence-electron chi connectivity index (χ0n) is 17.2. The van der Waals surface area contributed by atoms with Gasteiger partial charge < -0.3 is 15.7 Å². The molecule has 0 aliphatic heterocycles. The number of thiophene rings is 1. The number of anilines is 1. The monoisotopic (exact) mass is 428 g/mol. The Morgan fingerprint density at radius 1 is 1.17 bits per heavy atom. The molecule has 1 aromatic carbocycles. The highest BCUT2D eigenvalue weighted by molar-refractivity contribution is 7.17. The highest BCUT2D eigenvalue weighted by atomic mass is 32.1. The van der Waals surface area contributed by atoms with E-state index in [1.54, 1.807) is 0 Å². The summed E-state index contributed by atoms with van der Waals surface area (Å²) in [5.41, 5.74) is 2.64. The molecular formula is C23H28N2O4S. The number of benzene rings is 1. The summed E-state index contributed by atoms with van der Waals surface area (Å²) >= 11 is 1.49. The zero-order chi connectivity index (χ0) is 21.5. The van der Waals surface area contributed by atoms with Crippen LogP contribution in [0.5, 0.6) is 0 Å². The van der Waals surface area contributed by atoms with Crippen LogP contribution in [-0.4, -0.2) is 22.9 Å². The zero-order valence-corrected chi connectivity index (χ0v) is 18.0. The van der Waals surface area contributed by atoms with Gasteiger partial charge in [0.1, 0.15) is 5.00 Å². The standard InChI is InChI=1S/C23H28N2O4S/c1-2-15-11-12-17-18(13-15)30-23(25-19(26)9-6-10-20(27)28)21(17)22(29)24-14-16-7-4-3-5-8-16/h3-5,7-8,15H,2,6,9-14H2,1H3,(H,24,29)(H,25,26)(H,27,28)/t15-/m0/s1. The van der Waals surface area contributed by atoms with Gasteiger partial charge in [0.05, 0.1) is 5.56 Å². The van der Waals surface area contributed by atoms with Crippen LogP contribution in [0.1, 0.15) is 65.4 Å². The van der Waals surface area contributed by atoms with E-state index in [1.807, 2.05) is 30.3 Å². The summed E-state index contributed by atoms with van der Waals surface area (Å²) in [6, 6.07) is 9.71. The van der Waals surface area contributed by atoms with Gasteiger partial charge >= 0.3 is 5.97 Å². The lowest BCUT2D eigenvalue weighted by molar-refractivity contribution is -0.137. The largest absolute Gasteiger partial charge is 0.481 e. The SMILES string of the molecule is CC[C@H]1CCc2c(sc(NC(=O)CCCC(=O)O)c2C(=O)NCc2ccccc2)C1. The fourth-order valence-corrected chi connectivity index (χ4v) is 5.16. The number of aliphatic carboxylic acids is 1. The van der Waals surface area contributed by atoms with Crippen molar-refractivity contribution in [3.05, 3.63) is 51.9 Å². The molecule has 0 unspecified atom stereocenters. The molecule has 1 heterocycles. The summed E-state index contributed by atoms with van der Waals surface area (Å²) in [6.45, 7) is 2.61. The average molecular weight is 429 g/mol. The number of hydrogen-bond donors (Lipinski definition) is 3. The summed E-state index contributed by atoms with van der Waals surface area (Å²) in [5.74, 6) is -0.734. The fraction of sp³-hybridized carbons (Fsp3) is 0.435. The van der Waals surface area contributed by atoms with Gasteiger partial charge in [-0.15, -0.1) is 11.3 Å². The van der Waals surface area contributed by atoms with Crippen molar-refractivity contribution in [3.8, 4) is 0 Å². The molecular weight excluding hydrogens is 400 g/mol. The Bertz CT molecular complexity index is 907. The molecule has 1 aliphatic rings. The Kier molecular flexibility index (Phi) is 7.63. The van der Waals surface area contributed by atoms with Crippen LogP contribution in [0.4, 0.5) is 5.00 Å². The Balaban J connectivity index is 1.77. The van der Waals surface area contributed by atoms with Gasteiger partial charge in [0, 0.05) is 24.3 Å². The van der Waals surface area contributed by atoms with Crippen molar-refractivity contribution in [2.24, 2.45) is 5.92 Å². The van der Waals surface area contributed by atoms with Gasteiger partial charge in [0.25, 0.3) is 5.91 Å². The van der Waals surface area contributed by atoms with Crippen LogP contribution >= 0.6 is 11.3 Å². The molecule has 1 aromatic heterocycles. The van der Waals surface area contributed by atoms with Crippen molar-refractivity contribution in [2.45, 2.75) is 58.4 Å². The van der Waals surface area contributed by atoms with E-state index in [0.29, 0.717) is 23.0 Å². The van der Waals surface area contributed by atoms with Crippen LogP contribution in [-0.2, 0) is 29.0 Å². The molecule has 7 heteroatoms. The first kappa shape index (κ1) is 22.0. The van der Waals surface area contributed by atoms with Crippen molar-refractivity contribution in [1.29, 1.82) is 0 Å². The van der Waals surface area contributed by atoms with Gasteiger partial charge in [-0.1, -0.05) is 43.7 Å². The molecule has 1 aliphatic carbocycles. The molecule has 0 bridgehead atoms. The minimum absolute atomic E-state index is 0.0447. The Morgan fingerprint density at radius 2 is 1.93 bits per heavy atom. The molecule has 0 radical (unpaired) electrons. The minimum Gasteiger partial charge on any atom is -0.481 e. The van der Waals surface area contributed by atoms with Crippen molar-refractivity contribution in [3.63, 3.8) is 0 Å². The Labute approximate surface area is 180 Å². The number of amides is 2. The molecule has 2 aromatic rings. The molecule has 0 saturated carbocycles. The Morgan fingerprint density at radius 3 is 2.63 bits per heavy atom. The molecule has 2 amide bonds. The molecule has 30 heavy (non-hydrogen) atoms. The van der Waals surface area contributed by atoms with Crippen molar-refractivity contribution >= 4 is 34.1 Å². The lowest BCUT2D eigenvalue weighted by Gasteiger charge is -2.21. The lowest BCUT2D eigenvalue weighted by atomic mass is 9.85. The first-order chi connectivity index (χ1) is 14.5. The van der Waals surface area contributed by atoms with Crippen LogP contribution < -0.4 is 10.6 Å². The van der Waals surface area contributed by atoms with E-state index < -0.39 is 5.97 Å². The summed E-state index contributed by atoms with van der Waals surface area (Å²) in [7, 11) is 0. The van der Waals surface area contributed by atoms with Crippen LogP contribution in [0, 0.1) is 5.92 Å². The van der Waals surface area contributed by atoms with E-state index in [0.717, 1.165) is 36.8 Å². The van der Waals surface area contributed by atoms with Crippen LogP contribution in [0.25, 0.3) is 0 Å². The number of fused-ring (bicyclic) bond motifs is 1. The maximum atomic E-state index is 13.1. The van der Waals surface area contributed by atoms with Crippen LogP contribution in [0.15, 0.2) is 30.3 Å². The molecule has 160 valence electrons. The third-order valence-corrected chi connectivity index (χ3v) is 6.68. The molecule has 0 saturated heterocycles. The normalized spacial score (nSPS) is 15.3. The summed E-state index contributed by atoms with van der Waals surface area (Å²) < 4.78 is 0. The summed E-state index contributed by atoms with van der Waals surface area (Å²) in [4.78, 5) is 37.3. The first-order valence-electron chi connectivity index (χ1n) is 10.5. The second kappa shape index (κ2) is 10.4. The fourth-order valence-electron chi connectivity index (χ4n) is 3.79. The van der Waals surface area contributed by atoms with Gasteiger partial charge in [-0.25, -0.2) is 0 Å². The van der Waals surface area contributed by atoms with Crippen molar-refractivity contribution in [2.75, 3.05) is 5.32 Å². The highest BCUT2D eigenvalue weighted by Crippen LogP contribution is 2.40. The molecule has 3 N–H and O–H groups in total. The lowest BCUT2D eigenvalue weighted by Crippen LogP contribution is -2.26. The molecule has 1 atom stereocenters. The van der Waals surface area contributed by atoms with Gasteiger partial charge in [-0.05, 0) is 42.7 Å². The van der Waals surface area contributed by atoms with Crippen LogP contribution in [0.3, 0.4) is 0 Å². The number of carboxylic acids is 1. The van der Waals surface area contributed by atoms with Gasteiger partial charge in [0.2, 0.25) is 5.91 Å². The predicted molar refractivity (Wildman–Crippen MR) is 118 cm³/mol. The molecule has 0 fully saturated rings. The van der Waals surface area contributed by atoms with Gasteiger partial charge in [0.15, 0.2) is 0 Å². The quantitative estimate of drug-likeness (QED) is 0.552. The molecule has 0 spiro atoms. The first-order valence-corrected chi connectivity index (χ1v) is 11.3. The van der Waals surface area contributed by atoms with E-state index in [9.17, 15) is 14.4 Å². The van der Waals surface area contributed by atoms with Crippen molar-refractivity contribution in [1.82, 2.24) is 5.32 Å². The van der Waals surface area contributed by atoms with Crippen LogP contribution in [0.2, 0.25) is 0 Å². The number of rotatable bonds is 9. The maximum absolute atomic E-state index is 13.1. The van der Waals surface area contributed by atoms with Gasteiger partial charge in [-0.3, -0.25) is 14.4 Å². The number of nitrogens with one attached hydrogen (secondary N) is 2. The minimum atomic E-state index is -0.916. The van der Waals surface area contributed by atoms with E-state index in [1.165, 1.54) is 16.2 Å². The number of carboxylic acid groups (broad SMARTS) is 1. The number of carbonyl (C=O) groups is 3. The summed E-state index contributed by atoms with van der Waals surface area (Å²) in [5, 5.41) is 15.2. The predicted octanol–water partition coefficient (Wildman–Crippen LogP) is 4.39. The van der Waals surface area contributed by atoms with E-state index in [4.69, 9.17) is 5.11 Å². The maximum Gasteiger partial charge on any atom is 0.303 e. The average Bonchev–Trinajstić information content (AvgIpc) is 3.09. The highest BCUT2D eigenvalue weighted by Gasteiger charge is 2.29. The Hall–Kier alpha value is -2.67. The third kappa shape index (κ3) is 5.69. The summed E-state index contributed by atoms with van der Waals surface area (Å²) in [6.07, 6.45) is 4.28. The molecule has 3 rings (SSSR count). The topological polar surface area (TPSA) is 95.5 Å². The number of hydrogen-bond acceptors (Lipinski definition) is 4. The second-order valence-electron chi connectivity index (χ2n) is 7.69. The smallest absolute Gasteiger partial charge is 0.303 e. The van der Waals surface area contributed by atoms with E-state index in [-0.39, 0.29) is 31.1 Å². The molecule has 6 nitrogen and oxygen atoms in total. The van der Waals surface area contributed by atoms with E-state index in [2.05, 4.69) is 17.6 Å². The van der Waals surface area contributed by atoms with E-state index >= 15 is 0 Å².